The van der Waals surface area contributed by atoms with Gasteiger partial charge < -0.3 is 10.6 Å². The molecule has 1 amide bonds. The van der Waals surface area contributed by atoms with Crippen LogP contribution in [0, 0.1) is 0 Å². The van der Waals surface area contributed by atoms with E-state index in [2.05, 4.69) is 22.5 Å². The molecule has 0 saturated carbocycles. The highest BCUT2D eigenvalue weighted by Gasteiger charge is 2.21. The number of carbonyl (C=O) groups excluding carboxylic acids is 1. The molecule has 0 bridgehead atoms. The Labute approximate surface area is 137 Å². The van der Waals surface area contributed by atoms with Gasteiger partial charge in [-0.05, 0) is 25.1 Å². The molecule has 23 heavy (non-hydrogen) atoms. The van der Waals surface area contributed by atoms with Crippen LogP contribution in [0.1, 0.15) is 6.92 Å². The first-order chi connectivity index (χ1) is 10.8. The third-order valence-electron chi connectivity index (χ3n) is 3.88. The van der Waals surface area contributed by atoms with Gasteiger partial charge in [-0.3, -0.25) is 9.69 Å². The zero-order valence-corrected chi connectivity index (χ0v) is 14.6. The van der Waals surface area contributed by atoms with Crippen molar-refractivity contribution in [2.24, 2.45) is 0 Å². The molecule has 0 aliphatic carbocycles. The number of nitrogens with one attached hydrogen (secondary N) is 2. The van der Waals surface area contributed by atoms with Gasteiger partial charge in [-0.1, -0.05) is 6.07 Å². The van der Waals surface area contributed by atoms with Gasteiger partial charge in [-0.25, -0.2) is 12.7 Å². The topological polar surface area (TPSA) is 81.8 Å². The van der Waals surface area contributed by atoms with E-state index in [1.807, 2.05) is 0 Å². The van der Waals surface area contributed by atoms with Crippen LogP contribution >= 0.6 is 0 Å². The maximum absolute atomic E-state index is 12.2. The van der Waals surface area contributed by atoms with Gasteiger partial charge in [0.25, 0.3) is 0 Å². The van der Waals surface area contributed by atoms with E-state index >= 15 is 0 Å². The number of benzene rings is 1. The van der Waals surface area contributed by atoms with Crippen LogP contribution in [0.25, 0.3) is 0 Å². The molecule has 2 rings (SSSR count). The van der Waals surface area contributed by atoms with Crippen LogP contribution in [-0.2, 0) is 14.8 Å². The molecule has 0 aromatic heterocycles. The molecule has 0 radical (unpaired) electrons. The fraction of sp³-hybridized carbons (Fsp3) is 0.533. The fourth-order valence-electron chi connectivity index (χ4n) is 2.45. The Hall–Kier alpha value is -1.48. The molecule has 2 N–H and O–H groups in total. The average molecular weight is 340 g/mol. The smallest absolute Gasteiger partial charge is 0.242 e. The van der Waals surface area contributed by atoms with E-state index in [-0.39, 0.29) is 10.8 Å². The quantitative estimate of drug-likeness (QED) is 0.798. The van der Waals surface area contributed by atoms with E-state index in [1.165, 1.54) is 26.2 Å². The minimum absolute atomic E-state index is 0.141. The average Bonchev–Trinajstić information content (AvgIpc) is 2.49. The molecule has 1 saturated heterocycles. The lowest BCUT2D eigenvalue weighted by molar-refractivity contribution is -0.118. The molecule has 0 spiro atoms. The summed E-state index contributed by atoms with van der Waals surface area (Å²) in [5.41, 5.74) is 0.487. The monoisotopic (exact) mass is 340 g/mol. The van der Waals surface area contributed by atoms with Crippen molar-refractivity contribution in [3.8, 4) is 0 Å². The predicted molar refractivity (Wildman–Crippen MR) is 89.8 cm³/mol. The van der Waals surface area contributed by atoms with Crippen molar-refractivity contribution in [2.45, 2.75) is 17.9 Å². The molecule has 1 aromatic rings. The minimum atomic E-state index is -3.51. The Kier molecular flexibility index (Phi) is 5.74. The lowest BCUT2D eigenvalue weighted by atomic mass is 10.2. The molecule has 1 atom stereocenters. The summed E-state index contributed by atoms with van der Waals surface area (Å²) in [4.78, 5) is 14.5. The third-order valence-corrected chi connectivity index (χ3v) is 5.69. The summed E-state index contributed by atoms with van der Waals surface area (Å²) in [6, 6.07) is 6.61. The van der Waals surface area contributed by atoms with Crippen molar-refractivity contribution in [2.75, 3.05) is 45.6 Å². The van der Waals surface area contributed by atoms with Crippen LogP contribution in [0.2, 0.25) is 0 Å². The third kappa shape index (κ3) is 4.51. The normalized spacial score (nSPS) is 19.7. The fourth-order valence-corrected chi connectivity index (χ4v) is 3.40. The molecule has 1 aliphatic rings. The molecular formula is C15H24N4O3S. The molecule has 1 aromatic carbocycles. The number of rotatable bonds is 5. The molecule has 1 heterocycles. The van der Waals surface area contributed by atoms with E-state index in [9.17, 15) is 13.2 Å². The van der Waals surface area contributed by atoms with Crippen LogP contribution in [0.4, 0.5) is 5.69 Å². The molecule has 7 nitrogen and oxygen atoms in total. The van der Waals surface area contributed by atoms with Gasteiger partial charge >= 0.3 is 0 Å². The first-order valence-electron chi connectivity index (χ1n) is 7.58. The van der Waals surface area contributed by atoms with E-state index in [0.29, 0.717) is 18.3 Å². The number of carbonyl (C=O) groups is 1. The Morgan fingerprint density at radius 1 is 1.43 bits per heavy atom. The molecule has 1 aliphatic heterocycles. The standard InChI is InChI=1S/C15H24N4O3S/c1-12-10-16-7-8-19(12)11-15(20)17-13-5-4-6-14(9-13)23(21,22)18(2)3/h4-6,9,12,16H,7-8,10-11H2,1-3H3,(H,17,20)/t12-/m1/s1. The number of anilines is 1. The van der Waals surface area contributed by atoms with Crippen LogP contribution in [-0.4, -0.2) is 69.8 Å². The van der Waals surface area contributed by atoms with Gasteiger partial charge in [-0.2, -0.15) is 0 Å². The van der Waals surface area contributed by atoms with Crippen molar-refractivity contribution in [3.63, 3.8) is 0 Å². The molecular weight excluding hydrogens is 316 g/mol. The predicted octanol–water partition coefficient (Wildman–Crippen LogP) is 0.169. The largest absolute Gasteiger partial charge is 0.325 e. The summed E-state index contributed by atoms with van der Waals surface area (Å²) in [6.45, 7) is 4.93. The van der Waals surface area contributed by atoms with Crippen LogP contribution < -0.4 is 10.6 Å². The summed E-state index contributed by atoms with van der Waals surface area (Å²) < 4.78 is 25.4. The van der Waals surface area contributed by atoms with Crippen molar-refractivity contribution in [1.29, 1.82) is 0 Å². The maximum Gasteiger partial charge on any atom is 0.242 e. The maximum atomic E-state index is 12.2. The van der Waals surface area contributed by atoms with Gasteiger partial charge in [-0.15, -0.1) is 0 Å². The Morgan fingerprint density at radius 2 is 2.17 bits per heavy atom. The van der Waals surface area contributed by atoms with Gasteiger partial charge in [0.1, 0.15) is 0 Å². The second-order valence-corrected chi connectivity index (χ2v) is 8.04. The van der Waals surface area contributed by atoms with Crippen molar-refractivity contribution in [1.82, 2.24) is 14.5 Å². The number of hydrogen-bond acceptors (Lipinski definition) is 5. The number of nitrogens with zero attached hydrogens (tertiary/aromatic N) is 2. The van der Waals surface area contributed by atoms with Gasteiger partial charge in [0.2, 0.25) is 15.9 Å². The Balaban J connectivity index is 2.04. The van der Waals surface area contributed by atoms with Crippen molar-refractivity contribution < 1.29 is 13.2 Å². The van der Waals surface area contributed by atoms with Crippen LogP contribution in [0.3, 0.4) is 0 Å². The van der Waals surface area contributed by atoms with E-state index < -0.39 is 10.0 Å². The highest BCUT2D eigenvalue weighted by molar-refractivity contribution is 7.89. The second-order valence-electron chi connectivity index (χ2n) is 5.89. The lowest BCUT2D eigenvalue weighted by Gasteiger charge is -2.33. The minimum Gasteiger partial charge on any atom is -0.325 e. The highest BCUT2D eigenvalue weighted by Crippen LogP contribution is 2.18. The van der Waals surface area contributed by atoms with Crippen LogP contribution in [0.5, 0.6) is 0 Å². The molecule has 8 heteroatoms. The first-order valence-corrected chi connectivity index (χ1v) is 9.02. The number of amides is 1. The van der Waals surface area contributed by atoms with E-state index in [4.69, 9.17) is 0 Å². The van der Waals surface area contributed by atoms with Gasteiger partial charge in [0, 0.05) is 45.5 Å². The number of sulfonamides is 1. The van der Waals surface area contributed by atoms with Crippen LogP contribution in [0.15, 0.2) is 29.2 Å². The Bertz CT molecular complexity index is 660. The Morgan fingerprint density at radius 3 is 2.83 bits per heavy atom. The highest BCUT2D eigenvalue weighted by atomic mass is 32.2. The van der Waals surface area contributed by atoms with Crippen molar-refractivity contribution >= 4 is 21.6 Å². The number of piperazine rings is 1. The molecule has 1 fully saturated rings. The zero-order chi connectivity index (χ0) is 17.0. The van der Waals surface area contributed by atoms with Crippen molar-refractivity contribution in [3.05, 3.63) is 24.3 Å². The lowest BCUT2D eigenvalue weighted by Crippen LogP contribution is -2.51. The molecule has 0 unspecified atom stereocenters. The summed E-state index contributed by atoms with van der Waals surface area (Å²) in [5, 5.41) is 6.05. The van der Waals surface area contributed by atoms with E-state index in [0.717, 1.165) is 23.9 Å². The SMILES string of the molecule is C[C@@H]1CNCCN1CC(=O)Nc1cccc(S(=O)(=O)N(C)C)c1. The second kappa shape index (κ2) is 7.39. The van der Waals surface area contributed by atoms with Gasteiger partial charge in [0.05, 0.1) is 11.4 Å². The summed E-state index contributed by atoms with van der Waals surface area (Å²) >= 11 is 0. The summed E-state index contributed by atoms with van der Waals surface area (Å²) in [7, 11) is -0.551. The molecule has 128 valence electrons. The summed E-state index contributed by atoms with van der Waals surface area (Å²) in [5.74, 6) is -0.141. The summed E-state index contributed by atoms with van der Waals surface area (Å²) in [6.07, 6.45) is 0. The van der Waals surface area contributed by atoms with Gasteiger partial charge in [0.15, 0.2) is 0 Å². The number of hydrogen-bond donors (Lipinski definition) is 2. The zero-order valence-electron chi connectivity index (χ0n) is 13.7. The first kappa shape index (κ1) is 17.9. The van der Waals surface area contributed by atoms with E-state index in [1.54, 1.807) is 12.1 Å².